The Labute approximate surface area is 156 Å². The molecule has 0 aliphatic carbocycles. The van der Waals surface area contributed by atoms with Gasteiger partial charge in [0.05, 0.1) is 24.1 Å². The van der Waals surface area contributed by atoms with Gasteiger partial charge in [-0.1, -0.05) is 0 Å². The van der Waals surface area contributed by atoms with Gasteiger partial charge in [0.15, 0.2) is 0 Å². The van der Waals surface area contributed by atoms with Crippen molar-refractivity contribution < 1.29 is 23.5 Å². The number of hydrogen-bond donors (Lipinski definition) is 0. The van der Waals surface area contributed by atoms with E-state index in [0.29, 0.717) is 23.6 Å². The van der Waals surface area contributed by atoms with E-state index in [1.54, 1.807) is 67.7 Å². The molecule has 0 amide bonds. The quantitative estimate of drug-likeness (QED) is 0.368. The summed E-state index contributed by atoms with van der Waals surface area (Å²) in [5, 5.41) is 0. The van der Waals surface area contributed by atoms with Gasteiger partial charge in [-0.15, -0.1) is 0 Å². The van der Waals surface area contributed by atoms with Crippen LogP contribution in [-0.2, 0) is 4.74 Å². The van der Waals surface area contributed by atoms with Crippen molar-refractivity contribution in [3.05, 3.63) is 83.8 Å². The Morgan fingerprint density at radius 3 is 2.37 bits per heavy atom. The van der Waals surface area contributed by atoms with Crippen LogP contribution in [0.3, 0.4) is 0 Å². The molecule has 2 aromatic carbocycles. The number of furan rings is 1. The van der Waals surface area contributed by atoms with Crippen LogP contribution in [-0.4, -0.2) is 24.8 Å². The fraction of sp³-hybridized carbons (Fsp3) is 0.0952. The van der Waals surface area contributed by atoms with Crippen molar-refractivity contribution in [1.82, 2.24) is 0 Å². The molecule has 0 unspecified atom stereocenters. The van der Waals surface area contributed by atoms with Gasteiger partial charge in [-0.2, -0.15) is 0 Å². The number of hydrogen-bond acceptors (Lipinski definition) is 6. The van der Waals surface area contributed by atoms with Crippen LogP contribution in [0.1, 0.15) is 33.4 Å². The van der Waals surface area contributed by atoms with Gasteiger partial charge in [0.2, 0.25) is 5.76 Å². The van der Waals surface area contributed by atoms with Crippen LogP contribution in [0, 0.1) is 0 Å². The van der Waals surface area contributed by atoms with E-state index in [1.807, 2.05) is 0 Å². The maximum absolute atomic E-state index is 11.8. The van der Waals surface area contributed by atoms with Crippen LogP contribution in [0.5, 0.6) is 5.75 Å². The molecule has 6 heteroatoms. The van der Waals surface area contributed by atoms with E-state index in [1.165, 1.54) is 12.3 Å². The SMILES string of the molecule is CCOC(=O)c1ccc(N=Cc2ccc(OC(=O)c3ccco3)cc2)cc1. The summed E-state index contributed by atoms with van der Waals surface area (Å²) in [6, 6.07) is 16.9. The normalized spacial score (nSPS) is 10.7. The second kappa shape index (κ2) is 8.62. The maximum Gasteiger partial charge on any atom is 0.379 e. The highest BCUT2D eigenvalue weighted by Crippen LogP contribution is 2.16. The summed E-state index contributed by atoms with van der Waals surface area (Å²) in [5.74, 6) is -0.352. The second-order valence-corrected chi connectivity index (χ2v) is 5.46. The standard InChI is InChI=1S/C21H17NO5/c1-2-25-20(23)16-7-9-17(10-8-16)22-14-15-5-11-18(12-6-15)27-21(24)19-4-3-13-26-19/h3-14H,2H2,1H3. The topological polar surface area (TPSA) is 78.1 Å². The number of aliphatic imine (C=N–C) groups is 1. The molecule has 0 radical (unpaired) electrons. The number of rotatable bonds is 6. The number of ether oxygens (including phenoxy) is 2. The van der Waals surface area contributed by atoms with Gasteiger partial charge in [0.1, 0.15) is 5.75 Å². The fourth-order valence-corrected chi connectivity index (χ4v) is 2.22. The van der Waals surface area contributed by atoms with E-state index in [0.717, 1.165) is 5.56 Å². The Morgan fingerprint density at radius 2 is 1.74 bits per heavy atom. The molecule has 0 saturated carbocycles. The van der Waals surface area contributed by atoms with Crippen molar-refractivity contribution in [3.63, 3.8) is 0 Å². The van der Waals surface area contributed by atoms with Gasteiger partial charge in [-0.05, 0) is 73.2 Å². The monoisotopic (exact) mass is 363 g/mol. The summed E-state index contributed by atoms with van der Waals surface area (Å²) >= 11 is 0. The molecular weight excluding hydrogens is 346 g/mol. The van der Waals surface area contributed by atoms with E-state index < -0.39 is 5.97 Å². The smallest absolute Gasteiger partial charge is 0.379 e. The van der Waals surface area contributed by atoms with Crippen LogP contribution in [0.25, 0.3) is 0 Å². The summed E-state index contributed by atoms with van der Waals surface area (Å²) in [7, 11) is 0. The van der Waals surface area contributed by atoms with Crippen molar-refractivity contribution in [3.8, 4) is 5.75 Å². The molecule has 0 fully saturated rings. The van der Waals surface area contributed by atoms with E-state index in [2.05, 4.69) is 4.99 Å². The zero-order valence-corrected chi connectivity index (χ0v) is 14.6. The molecule has 1 heterocycles. The third kappa shape index (κ3) is 4.92. The summed E-state index contributed by atoms with van der Waals surface area (Å²) in [4.78, 5) is 27.8. The lowest BCUT2D eigenvalue weighted by molar-refractivity contribution is 0.0526. The molecule has 0 spiro atoms. The van der Waals surface area contributed by atoms with Gasteiger partial charge >= 0.3 is 11.9 Å². The third-order valence-corrected chi connectivity index (χ3v) is 3.55. The van der Waals surface area contributed by atoms with Crippen molar-refractivity contribution in [2.45, 2.75) is 6.92 Å². The molecular formula is C21H17NO5. The number of carbonyl (C=O) groups is 2. The molecule has 0 N–H and O–H groups in total. The first-order chi connectivity index (χ1) is 13.2. The average Bonchev–Trinajstić information content (AvgIpc) is 3.23. The summed E-state index contributed by atoms with van der Waals surface area (Å²) in [5.41, 5.74) is 2.03. The summed E-state index contributed by atoms with van der Waals surface area (Å²) in [6.07, 6.45) is 3.09. The highest BCUT2D eigenvalue weighted by atomic mass is 16.5. The molecule has 1 aromatic heterocycles. The number of esters is 2. The van der Waals surface area contributed by atoms with Crippen molar-refractivity contribution >= 4 is 23.8 Å². The lowest BCUT2D eigenvalue weighted by Gasteiger charge is -2.03. The molecule has 3 rings (SSSR count). The molecule has 27 heavy (non-hydrogen) atoms. The van der Waals surface area contributed by atoms with E-state index >= 15 is 0 Å². The van der Waals surface area contributed by atoms with Gasteiger partial charge < -0.3 is 13.9 Å². The number of nitrogens with zero attached hydrogens (tertiary/aromatic N) is 1. The Balaban J connectivity index is 1.60. The summed E-state index contributed by atoms with van der Waals surface area (Å²) in [6.45, 7) is 2.10. The fourth-order valence-electron chi connectivity index (χ4n) is 2.22. The van der Waals surface area contributed by atoms with Crippen molar-refractivity contribution in [2.24, 2.45) is 4.99 Å². The minimum absolute atomic E-state index is 0.145. The molecule has 0 bridgehead atoms. The zero-order valence-electron chi connectivity index (χ0n) is 14.6. The van der Waals surface area contributed by atoms with Crippen LogP contribution in [0.2, 0.25) is 0 Å². The molecule has 0 atom stereocenters. The minimum atomic E-state index is -0.553. The Kier molecular flexibility index (Phi) is 5.79. The largest absolute Gasteiger partial charge is 0.462 e. The van der Waals surface area contributed by atoms with Crippen molar-refractivity contribution in [2.75, 3.05) is 6.61 Å². The maximum atomic E-state index is 11.8. The van der Waals surface area contributed by atoms with Gasteiger partial charge in [0.25, 0.3) is 0 Å². The van der Waals surface area contributed by atoms with Gasteiger partial charge in [-0.25, -0.2) is 9.59 Å². The second-order valence-electron chi connectivity index (χ2n) is 5.46. The average molecular weight is 363 g/mol. The highest BCUT2D eigenvalue weighted by Gasteiger charge is 2.11. The van der Waals surface area contributed by atoms with E-state index in [9.17, 15) is 9.59 Å². The molecule has 0 aliphatic heterocycles. The molecule has 0 saturated heterocycles. The van der Waals surface area contributed by atoms with Crippen LogP contribution in [0.4, 0.5) is 5.69 Å². The predicted octanol–water partition coefficient (Wildman–Crippen LogP) is 4.43. The zero-order chi connectivity index (χ0) is 19.1. The highest BCUT2D eigenvalue weighted by molar-refractivity contribution is 5.90. The molecule has 6 nitrogen and oxygen atoms in total. The lowest BCUT2D eigenvalue weighted by atomic mass is 10.2. The first-order valence-electron chi connectivity index (χ1n) is 8.32. The molecule has 0 aliphatic rings. The number of benzene rings is 2. The van der Waals surface area contributed by atoms with Crippen molar-refractivity contribution in [1.29, 1.82) is 0 Å². The first kappa shape index (κ1) is 18.1. The van der Waals surface area contributed by atoms with Crippen LogP contribution >= 0.6 is 0 Å². The first-order valence-corrected chi connectivity index (χ1v) is 8.32. The van der Waals surface area contributed by atoms with Crippen LogP contribution in [0.15, 0.2) is 76.3 Å². The Hall–Kier alpha value is -3.67. The molecule has 3 aromatic rings. The van der Waals surface area contributed by atoms with Gasteiger partial charge in [0, 0.05) is 6.21 Å². The molecule has 136 valence electrons. The number of carbonyl (C=O) groups excluding carboxylic acids is 2. The Bertz CT molecular complexity index is 926. The summed E-state index contributed by atoms with van der Waals surface area (Å²) < 4.78 is 15.1. The van der Waals surface area contributed by atoms with Gasteiger partial charge in [-0.3, -0.25) is 4.99 Å². The predicted molar refractivity (Wildman–Crippen MR) is 99.8 cm³/mol. The van der Waals surface area contributed by atoms with E-state index in [-0.39, 0.29) is 11.7 Å². The minimum Gasteiger partial charge on any atom is -0.462 e. The van der Waals surface area contributed by atoms with Crippen LogP contribution < -0.4 is 4.74 Å². The van der Waals surface area contributed by atoms with E-state index in [4.69, 9.17) is 13.9 Å². The lowest BCUT2D eigenvalue weighted by Crippen LogP contribution is -2.06. The third-order valence-electron chi connectivity index (χ3n) is 3.55. The Morgan fingerprint density at radius 1 is 1.00 bits per heavy atom.